The monoisotopic (exact) mass is 257 g/mol. The summed E-state index contributed by atoms with van der Waals surface area (Å²) < 4.78 is 5.66. The fourth-order valence-corrected chi connectivity index (χ4v) is 1.56. The smallest absolute Gasteiger partial charge is 0.138 e. The molecular formula is C15H19N3O. The van der Waals surface area contributed by atoms with Gasteiger partial charge in [0.2, 0.25) is 0 Å². The largest absolute Gasteiger partial charge is 0.487 e. The molecule has 0 aromatic carbocycles. The van der Waals surface area contributed by atoms with Crippen molar-refractivity contribution in [1.82, 2.24) is 15.3 Å². The predicted octanol–water partition coefficient (Wildman–Crippen LogP) is 2.55. The summed E-state index contributed by atoms with van der Waals surface area (Å²) >= 11 is 0. The van der Waals surface area contributed by atoms with E-state index in [-0.39, 0.29) is 0 Å². The van der Waals surface area contributed by atoms with E-state index in [0.29, 0.717) is 12.6 Å². The Bertz CT molecular complexity index is 483. The van der Waals surface area contributed by atoms with Gasteiger partial charge < -0.3 is 10.1 Å². The normalized spacial score (nSPS) is 10.7. The van der Waals surface area contributed by atoms with Crippen molar-refractivity contribution in [2.45, 2.75) is 33.0 Å². The highest BCUT2D eigenvalue weighted by Gasteiger charge is 1.99. The highest BCUT2D eigenvalue weighted by molar-refractivity contribution is 5.20. The van der Waals surface area contributed by atoms with Crippen LogP contribution < -0.4 is 10.1 Å². The van der Waals surface area contributed by atoms with E-state index < -0.39 is 0 Å². The van der Waals surface area contributed by atoms with Gasteiger partial charge in [-0.2, -0.15) is 0 Å². The van der Waals surface area contributed by atoms with Crippen LogP contribution in [0.3, 0.4) is 0 Å². The first-order valence-corrected chi connectivity index (χ1v) is 6.44. The zero-order valence-electron chi connectivity index (χ0n) is 11.3. The first-order valence-electron chi connectivity index (χ1n) is 6.44. The summed E-state index contributed by atoms with van der Waals surface area (Å²) in [6, 6.07) is 8.27. The van der Waals surface area contributed by atoms with Crippen molar-refractivity contribution in [3.63, 3.8) is 0 Å². The number of hydrogen-bond donors (Lipinski definition) is 1. The lowest BCUT2D eigenvalue weighted by molar-refractivity contribution is 0.304. The van der Waals surface area contributed by atoms with E-state index >= 15 is 0 Å². The molecule has 0 aliphatic heterocycles. The Hall–Kier alpha value is -1.94. The molecule has 100 valence electrons. The summed E-state index contributed by atoms with van der Waals surface area (Å²) in [7, 11) is 0. The topological polar surface area (TPSA) is 47.0 Å². The van der Waals surface area contributed by atoms with Gasteiger partial charge in [0.1, 0.15) is 12.4 Å². The molecular weight excluding hydrogens is 238 g/mol. The van der Waals surface area contributed by atoms with Crippen molar-refractivity contribution in [3.05, 3.63) is 54.1 Å². The molecule has 0 fully saturated rings. The van der Waals surface area contributed by atoms with Crippen LogP contribution in [0.15, 0.2) is 42.9 Å². The average molecular weight is 257 g/mol. The maximum Gasteiger partial charge on any atom is 0.138 e. The van der Waals surface area contributed by atoms with E-state index in [1.165, 1.54) is 0 Å². The molecule has 0 bridgehead atoms. The second-order valence-corrected chi connectivity index (χ2v) is 4.66. The molecule has 19 heavy (non-hydrogen) atoms. The Kier molecular flexibility index (Phi) is 4.86. The minimum Gasteiger partial charge on any atom is -0.487 e. The first kappa shape index (κ1) is 13.5. The summed E-state index contributed by atoms with van der Waals surface area (Å²) in [5.74, 6) is 0.783. The Morgan fingerprint density at radius 3 is 2.58 bits per heavy atom. The van der Waals surface area contributed by atoms with Gasteiger partial charge in [-0.05, 0) is 29.8 Å². The molecule has 2 rings (SSSR count). The predicted molar refractivity (Wildman–Crippen MR) is 74.8 cm³/mol. The quantitative estimate of drug-likeness (QED) is 0.864. The SMILES string of the molecule is CC(C)NCc1ccc(OCc2ccncc2)cn1. The molecule has 0 spiro atoms. The van der Waals surface area contributed by atoms with Crippen LogP contribution in [0.5, 0.6) is 5.75 Å². The van der Waals surface area contributed by atoms with Crippen LogP contribution in [-0.2, 0) is 13.2 Å². The molecule has 2 aromatic heterocycles. The molecule has 2 aromatic rings. The molecule has 0 saturated carbocycles. The minimum absolute atomic E-state index is 0.462. The number of nitrogens with zero attached hydrogens (tertiary/aromatic N) is 2. The lowest BCUT2D eigenvalue weighted by Crippen LogP contribution is -2.22. The van der Waals surface area contributed by atoms with Crippen molar-refractivity contribution >= 4 is 0 Å². The van der Waals surface area contributed by atoms with E-state index in [1.807, 2.05) is 24.3 Å². The van der Waals surface area contributed by atoms with Gasteiger partial charge in [-0.1, -0.05) is 13.8 Å². The molecule has 0 aliphatic carbocycles. The summed E-state index contributed by atoms with van der Waals surface area (Å²) in [5.41, 5.74) is 2.12. The van der Waals surface area contributed by atoms with Crippen molar-refractivity contribution in [3.8, 4) is 5.75 Å². The van der Waals surface area contributed by atoms with Crippen molar-refractivity contribution in [2.24, 2.45) is 0 Å². The lowest BCUT2D eigenvalue weighted by Gasteiger charge is -2.09. The second-order valence-electron chi connectivity index (χ2n) is 4.66. The summed E-state index contributed by atoms with van der Waals surface area (Å²) in [5, 5.41) is 3.33. The minimum atomic E-state index is 0.462. The van der Waals surface area contributed by atoms with E-state index in [9.17, 15) is 0 Å². The van der Waals surface area contributed by atoms with Gasteiger partial charge in [0.25, 0.3) is 0 Å². The van der Waals surface area contributed by atoms with Crippen LogP contribution in [0.4, 0.5) is 0 Å². The molecule has 0 amide bonds. The number of rotatable bonds is 6. The van der Waals surface area contributed by atoms with Gasteiger partial charge in [-0.3, -0.25) is 9.97 Å². The van der Waals surface area contributed by atoms with Gasteiger partial charge in [0.05, 0.1) is 11.9 Å². The van der Waals surface area contributed by atoms with Gasteiger partial charge in [-0.25, -0.2) is 0 Å². The summed E-state index contributed by atoms with van der Waals surface area (Å²) in [4.78, 5) is 8.33. The zero-order chi connectivity index (χ0) is 13.5. The average Bonchev–Trinajstić information content (AvgIpc) is 2.45. The van der Waals surface area contributed by atoms with Crippen molar-refractivity contribution in [2.75, 3.05) is 0 Å². The van der Waals surface area contributed by atoms with Crippen LogP contribution in [0, 0.1) is 0 Å². The fourth-order valence-electron chi connectivity index (χ4n) is 1.56. The molecule has 0 unspecified atom stereocenters. The maximum atomic E-state index is 5.66. The summed E-state index contributed by atoms with van der Waals surface area (Å²) in [6.45, 7) is 5.55. The Morgan fingerprint density at radius 1 is 1.16 bits per heavy atom. The van der Waals surface area contributed by atoms with Crippen LogP contribution in [-0.4, -0.2) is 16.0 Å². The zero-order valence-corrected chi connectivity index (χ0v) is 11.3. The molecule has 1 N–H and O–H groups in total. The maximum absolute atomic E-state index is 5.66. The van der Waals surface area contributed by atoms with E-state index in [0.717, 1.165) is 23.6 Å². The fraction of sp³-hybridized carbons (Fsp3) is 0.333. The van der Waals surface area contributed by atoms with Gasteiger partial charge in [0, 0.05) is 25.0 Å². The van der Waals surface area contributed by atoms with E-state index in [2.05, 4.69) is 29.1 Å². The number of pyridine rings is 2. The van der Waals surface area contributed by atoms with Gasteiger partial charge in [-0.15, -0.1) is 0 Å². The highest BCUT2D eigenvalue weighted by atomic mass is 16.5. The third kappa shape index (κ3) is 4.67. The van der Waals surface area contributed by atoms with Crippen LogP contribution in [0.1, 0.15) is 25.1 Å². The Morgan fingerprint density at radius 2 is 1.95 bits per heavy atom. The van der Waals surface area contributed by atoms with Gasteiger partial charge >= 0.3 is 0 Å². The summed E-state index contributed by atoms with van der Waals surface area (Å²) in [6.07, 6.45) is 5.29. The third-order valence-corrected chi connectivity index (χ3v) is 2.64. The van der Waals surface area contributed by atoms with E-state index in [4.69, 9.17) is 4.74 Å². The molecule has 4 heteroatoms. The van der Waals surface area contributed by atoms with Crippen molar-refractivity contribution in [1.29, 1.82) is 0 Å². The third-order valence-electron chi connectivity index (χ3n) is 2.64. The molecule has 0 atom stereocenters. The lowest BCUT2D eigenvalue weighted by atomic mass is 10.3. The molecule has 2 heterocycles. The Labute approximate surface area is 113 Å². The van der Waals surface area contributed by atoms with Crippen LogP contribution >= 0.6 is 0 Å². The molecule has 0 radical (unpaired) electrons. The second kappa shape index (κ2) is 6.85. The number of aromatic nitrogens is 2. The van der Waals surface area contributed by atoms with Gasteiger partial charge in [0.15, 0.2) is 0 Å². The molecule has 0 aliphatic rings. The Balaban J connectivity index is 1.85. The number of ether oxygens (including phenoxy) is 1. The van der Waals surface area contributed by atoms with Crippen LogP contribution in [0.25, 0.3) is 0 Å². The number of nitrogens with one attached hydrogen (secondary N) is 1. The number of hydrogen-bond acceptors (Lipinski definition) is 4. The van der Waals surface area contributed by atoms with Crippen LogP contribution in [0.2, 0.25) is 0 Å². The standard InChI is InChI=1S/C15H19N3O/c1-12(2)17-9-14-3-4-15(10-18-14)19-11-13-5-7-16-8-6-13/h3-8,10,12,17H,9,11H2,1-2H3. The van der Waals surface area contributed by atoms with E-state index in [1.54, 1.807) is 18.6 Å². The molecule has 0 saturated heterocycles. The molecule has 4 nitrogen and oxygen atoms in total. The first-order chi connectivity index (χ1) is 9.24. The van der Waals surface area contributed by atoms with Crippen molar-refractivity contribution < 1.29 is 4.74 Å². The highest BCUT2D eigenvalue weighted by Crippen LogP contribution is 2.11.